The minimum Gasteiger partial charge on any atom is -0.312 e. The molecule has 8 rings (SSSR count). The molecule has 10 atom stereocenters. The van der Waals surface area contributed by atoms with Crippen molar-refractivity contribution in [3.8, 4) is 0 Å². The Kier molecular flexibility index (Phi) is 38.2. The molecule has 90 heavy (non-hydrogen) atoms. The third kappa shape index (κ3) is 35.7. The molecule has 0 radical (unpaired) electrons. The van der Waals surface area contributed by atoms with Gasteiger partial charge in [-0.3, -0.25) is 39.2 Å². The maximum Gasteiger partial charge on any atom is 0.0169 e. The third-order valence-corrected chi connectivity index (χ3v) is 20.7. The number of nitrogens with zero attached hydrogens (tertiary/aromatic N) is 8. The lowest BCUT2D eigenvalue weighted by atomic mass is 9.90. The fourth-order valence-corrected chi connectivity index (χ4v) is 15.2. The van der Waals surface area contributed by atoms with E-state index in [0.717, 1.165) is 49.1 Å². The highest BCUT2D eigenvalue weighted by molar-refractivity contribution is 4.91. The summed E-state index contributed by atoms with van der Waals surface area (Å²) >= 11 is 0. The fraction of sp³-hybridized carbons (Fsp3) is 1.00. The van der Waals surface area contributed by atoms with Crippen LogP contribution in [-0.4, -0.2) is 223 Å². The van der Waals surface area contributed by atoms with Crippen molar-refractivity contribution in [1.82, 2.24) is 55.1 Å². The lowest BCUT2D eigenvalue weighted by Gasteiger charge is -2.45. The number of likely N-dealkylation sites (tertiary alicyclic amines) is 5. The van der Waals surface area contributed by atoms with Crippen LogP contribution >= 0.6 is 0 Å². The van der Waals surface area contributed by atoms with Crippen LogP contribution in [0.4, 0.5) is 0 Å². The summed E-state index contributed by atoms with van der Waals surface area (Å²) in [5, 5.41) is 10.4. The van der Waals surface area contributed by atoms with Gasteiger partial charge in [0.15, 0.2) is 0 Å². The zero-order chi connectivity index (χ0) is 69.6. The Morgan fingerprint density at radius 1 is 0.233 bits per heavy atom. The molecule has 0 saturated carbocycles. The van der Waals surface area contributed by atoms with Crippen LogP contribution in [0.5, 0.6) is 0 Å². The second kappa shape index (κ2) is 39.2. The second-order valence-electron chi connectivity index (χ2n) is 38.3. The van der Waals surface area contributed by atoms with E-state index in [9.17, 15) is 0 Å². The first-order chi connectivity index (χ1) is 40.8. The maximum atomic E-state index is 3.54. The zero-order valence-electron chi connectivity index (χ0n) is 67.9. The highest BCUT2D eigenvalue weighted by atomic mass is 15.3. The van der Waals surface area contributed by atoms with Gasteiger partial charge < -0.3 is 16.0 Å². The lowest BCUT2D eigenvalue weighted by molar-refractivity contribution is 0.0377. The quantitative estimate of drug-likeness (QED) is 0.217. The average Bonchev–Trinajstić information content (AvgIpc) is 2.07. The molecule has 8 saturated heterocycles. The summed E-state index contributed by atoms with van der Waals surface area (Å²) in [7, 11) is 0. The summed E-state index contributed by atoms with van der Waals surface area (Å²) in [5.74, 6) is 1.78. The van der Waals surface area contributed by atoms with Gasteiger partial charge in [-0.25, -0.2) is 0 Å². The predicted molar refractivity (Wildman–Crippen MR) is 404 cm³/mol. The van der Waals surface area contributed by atoms with E-state index >= 15 is 0 Å². The molecular formula is C79H169N11. The minimum atomic E-state index is 0.324. The van der Waals surface area contributed by atoms with E-state index in [2.05, 4.69) is 291 Å². The van der Waals surface area contributed by atoms with Crippen LogP contribution in [-0.2, 0) is 0 Å². The lowest BCUT2D eigenvalue weighted by Crippen LogP contribution is -2.59. The van der Waals surface area contributed by atoms with E-state index in [1.807, 2.05) is 0 Å². The van der Waals surface area contributed by atoms with Gasteiger partial charge >= 0.3 is 0 Å². The summed E-state index contributed by atoms with van der Waals surface area (Å²) in [6.45, 7) is 95.6. The largest absolute Gasteiger partial charge is 0.312 e. The van der Waals surface area contributed by atoms with Crippen molar-refractivity contribution in [3.63, 3.8) is 0 Å². The van der Waals surface area contributed by atoms with Gasteiger partial charge in [-0.05, 0) is 324 Å². The number of rotatable bonds is 0. The molecular weight excluding hydrogens is 1100 g/mol. The van der Waals surface area contributed by atoms with Crippen molar-refractivity contribution < 1.29 is 0 Å². The molecule has 0 bridgehead atoms. The van der Waals surface area contributed by atoms with Gasteiger partial charge in [0.25, 0.3) is 0 Å². The number of hydrogen-bond donors (Lipinski definition) is 3. The first-order valence-electron chi connectivity index (χ1n) is 38.2. The van der Waals surface area contributed by atoms with Crippen LogP contribution in [0.1, 0.15) is 319 Å². The molecule has 11 heteroatoms. The SMILES string of the molecule is CC(C)(C)N1CCCCC1.C[C@@H]1CCCCN1C(C)(C)C.C[C@@H]1CC[C@@H](C)N(C(C)(C)C)C1.C[C@@H]1CN(C(C)(C)C)CCN1.C[C@@H]1CN(C(C)(C)C)C[C@H](C)N1.C[C@H]1CCCCN1C(C)(C)C.C[C@H]1CC[C@H](C)N(C(C)(C)C)C1.C[C@H]1CN(C(C)(C)C)CCN1. The average molecular weight is 1270 g/mol. The van der Waals surface area contributed by atoms with Crippen LogP contribution in [0.3, 0.4) is 0 Å². The van der Waals surface area contributed by atoms with Crippen LogP contribution in [0.2, 0.25) is 0 Å². The van der Waals surface area contributed by atoms with E-state index in [1.54, 1.807) is 0 Å². The van der Waals surface area contributed by atoms with Gasteiger partial charge in [0.05, 0.1) is 0 Å². The summed E-state index contributed by atoms with van der Waals surface area (Å²) in [5.41, 5.74) is 2.87. The van der Waals surface area contributed by atoms with E-state index in [1.165, 1.54) is 162 Å². The van der Waals surface area contributed by atoms with Crippen molar-refractivity contribution >= 4 is 0 Å². The monoisotopic (exact) mass is 1270 g/mol. The van der Waals surface area contributed by atoms with Gasteiger partial charge in [0.2, 0.25) is 0 Å². The highest BCUT2D eigenvalue weighted by Gasteiger charge is 2.35. The van der Waals surface area contributed by atoms with Crippen LogP contribution in [0, 0.1) is 11.8 Å². The van der Waals surface area contributed by atoms with Gasteiger partial charge in [-0.15, -0.1) is 0 Å². The van der Waals surface area contributed by atoms with Gasteiger partial charge in [-0.1, -0.05) is 33.1 Å². The molecule has 540 valence electrons. The fourth-order valence-electron chi connectivity index (χ4n) is 15.2. The first-order valence-corrected chi connectivity index (χ1v) is 38.2. The van der Waals surface area contributed by atoms with E-state index in [4.69, 9.17) is 0 Å². The summed E-state index contributed by atoms with van der Waals surface area (Å²) in [4.78, 5) is 20.7. The Labute approximate surface area is 567 Å². The second-order valence-corrected chi connectivity index (χ2v) is 38.3. The molecule has 0 aromatic carbocycles. The zero-order valence-corrected chi connectivity index (χ0v) is 67.9. The Morgan fingerprint density at radius 3 is 0.733 bits per heavy atom. The van der Waals surface area contributed by atoms with Crippen molar-refractivity contribution in [2.75, 3.05) is 91.6 Å². The molecule has 0 spiro atoms. The van der Waals surface area contributed by atoms with Gasteiger partial charge in [0, 0.05) is 158 Å². The Morgan fingerprint density at radius 2 is 0.511 bits per heavy atom. The van der Waals surface area contributed by atoms with Crippen LogP contribution in [0.15, 0.2) is 0 Å². The van der Waals surface area contributed by atoms with Crippen molar-refractivity contribution in [2.24, 2.45) is 11.8 Å². The minimum absolute atomic E-state index is 0.324. The van der Waals surface area contributed by atoms with Crippen LogP contribution in [0.25, 0.3) is 0 Å². The van der Waals surface area contributed by atoms with Crippen molar-refractivity contribution in [2.45, 2.75) is 412 Å². The Hall–Kier alpha value is -0.440. The van der Waals surface area contributed by atoms with E-state index < -0.39 is 0 Å². The number of piperidine rings is 5. The predicted octanol–water partition coefficient (Wildman–Crippen LogP) is 17.0. The number of hydrogen-bond acceptors (Lipinski definition) is 11. The van der Waals surface area contributed by atoms with E-state index in [0.29, 0.717) is 68.5 Å². The van der Waals surface area contributed by atoms with Gasteiger partial charge in [0.1, 0.15) is 0 Å². The normalized spacial score (nSPS) is 30.2. The summed E-state index contributed by atoms with van der Waals surface area (Å²) < 4.78 is 0. The Balaban J connectivity index is 0.000000515. The standard InChI is InChI=1S/2C11H23N.C10H22N2.2C10H21N.2C9H20N2.C9H19N/c2*1-9-6-7-10(2)12(8-9)11(3,4)5;1-8-6-12(10(3,4)5)7-9(2)11-8;2*1-9-7-5-6-8-11(9)10(2,3)4;2*1-8-7-11(6-5-10-8)9(2,3)4;1-9(2,3)10-7-5-4-6-8-10/h2*9-10H,6-8H2,1-5H3;8-9,11H,6-7H2,1-5H3;2*9H,5-8H2,1-4H3;2*8,10H,5-7H2,1-4H3;4-8H2,1-3H3/t2*9-,10-;8-,9+;2*9-;2*8-;/m10.1010./s1. The molecule has 8 heterocycles. The summed E-state index contributed by atoms with van der Waals surface area (Å²) in [6, 6.07) is 5.72. The van der Waals surface area contributed by atoms with Crippen LogP contribution < -0.4 is 16.0 Å². The third-order valence-electron chi connectivity index (χ3n) is 20.7. The first kappa shape index (κ1) is 87.6. The van der Waals surface area contributed by atoms with Crippen molar-refractivity contribution in [3.05, 3.63) is 0 Å². The topological polar surface area (TPSA) is 62.0 Å². The number of piperazine rings is 3. The van der Waals surface area contributed by atoms with Crippen molar-refractivity contribution in [1.29, 1.82) is 0 Å². The van der Waals surface area contributed by atoms with Gasteiger partial charge in [-0.2, -0.15) is 0 Å². The molecule has 8 aliphatic rings. The van der Waals surface area contributed by atoms with E-state index in [-0.39, 0.29) is 0 Å². The smallest absolute Gasteiger partial charge is 0.0169 e. The maximum absolute atomic E-state index is 3.54. The molecule has 0 unspecified atom stereocenters. The molecule has 11 nitrogen and oxygen atoms in total. The molecule has 0 aromatic rings. The molecule has 8 aliphatic heterocycles. The molecule has 0 amide bonds. The molecule has 3 N–H and O–H groups in total. The molecule has 8 fully saturated rings. The Bertz CT molecular complexity index is 1720. The summed E-state index contributed by atoms with van der Waals surface area (Å²) in [6.07, 6.45) is 18.2. The number of nitrogens with one attached hydrogen (secondary N) is 3. The highest BCUT2D eigenvalue weighted by Crippen LogP contribution is 2.31. The molecule has 0 aromatic heterocycles. The molecule has 0 aliphatic carbocycles.